The van der Waals surface area contributed by atoms with Gasteiger partial charge in [0.05, 0.1) is 5.25 Å². The van der Waals surface area contributed by atoms with Crippen molar-refractivity contribution in [1.29, 1.82) is 0 Å². The van der Waals surface area contributed by atoms with Crippen molar-refractivity contribution >= 4 is 23.6 Å². The van der Waals surface area contributed by atoms with Crippen LogP contribution < -0.4 is 5.32 Å². The van der Waals surface area contributed by atoms with Crippen LogP contribution in [0.1, 0.15) is 47.0 Å². The third-order valence-electron chi connectivity index (χ3n) is 2.44. The van der Waals surface area contributed by atoms with E-state index in [2.05, 4.69) is 12.2 Å². The minimum Gasteiger partial charge on any atom is -0.480 e. The molecule has 0 fully saturated rings. The molecule has 0 saturated heterocycles. The second-order valence-corrected chi connectivity index (χ2v) is 6.54. The van der Waals surface area contributed by atoms with E-state index in [-0.39, 0.29) is 11.2 Å². The number of unbranched alkanes of at least 4 members (excludes halogenated alkanes) is 2. The van der Waals surface area contributed by atoms with E-state index in [1.54, 1.807) is 20.8 Å². The first-order valence-electron chi connectivity index (χ1n) is 6.00. The smallest absolute Gasteiger partial charge is 0.319 e. The molecule has 4 nitrogen and oxygen atoms in total. The second kappa shape index (κ2) is 7.58. The number of carboxylic acids is 1. The van der Waals surface area contributed by atoms with Crippen molar-refractivity contribution in [3.63, 3.8) is 0 Å². The molecule has 0 spiro atoms. The highest BCUT2D eigenvalue weighted by atomic mass is 32.2. The molecule has 0 aromatic rings. The molecular weight excluding hydrogens is 238 g/mol. The van der Waals surface area contributed by atoms with Gasteiger partial charge in [0, 0.05) is 6.54 Å². The van der Waals surface area contributed by atoms with Crippen LogP contribution in [0.25, 0.3) is 0 Å². The number of carbonyl (C=O) groups excluding carboxylic acids is 1. The Kier molecular flexibility index (Phi) is 7.27. The Balaban J connectivity index is 4.01. The molecule has 0 aliphatic carbocycles. The summed E-state index contributed by atoms with van der Waals surface area (Å²) in [6.07, 6.45) is 3.19. The predicted molar refractivity (Wildman–Crippen MR) is 71.3 cm³/mol. The third-order valence-corrected chi connectivity index (χ3v) is 3.77. The molecule has 17 heavy (non-hydrogen) atoms. The van der Waals surface area contributed by atoms with Gasteiger partial charge in [0.1, 0.15) is 4.75 Å². The molecule has 0 saturated carbocycles. The normalized spacial score (nSPS) is 13.2. The molecule has 0 rings (SSSR count). The van der Waals surface area contributed by atoms with Crippen LogP contribution in [-0.2, 0) is 9.59 Å². The molecule has 1 unspecified atom stereocenters. The highest BCUT2D eigenvalue weighted by Gasteiger charge is 2.32. The van der Waals surface area contributed by atoms with Gasteiger partial charge in [-0.15, -0.1) is 11.8 Å². The van der Waals surface area contributed by atoms with Crippen LogP contribution >= 0.6 is 11.8 Å². The Morgan fingerprint density at radius 2 is 1.94 bits per heavy atom. The molecule has 0 bridgehead atoms. The van der Waals surface area contributed by atoms with Crippen molar-refractivity contribution in [3.05, 3.63) is 0 Å². The summed E-state index contributed by atoms with van der Waals surface area (Å²) < 4.78 is -0.930. The lowest BCUT2D eigenvalue weighted by Crippen LogP contribution is -2.37. The van der Waals surface area contributed by atoms with Crippen LogP contribution in [0, 0.1) is 0 Å². The molecule has 0 aliphatic rings. The Labute approximate surface area is 108 Å². The standard InChI is InChI=1S/C12H23NO3S/c1-5-6-7-8-13-10(14)9(2)17-12(3,4)11(15)16/h9H,5-8H2,1-4H3,(H,13,14)(H,15,16). The summed E-state index contributed by atoms with van der Waals surface area (Å²) in [7, 11) is 0. The number of carbonyl (C=O) groups is 2. The molecule has 1 amide bonds. The zero-order valence-corrected chi connectivity index (χ0v) is 11.9. The lowest BCUT2D eigenvalue weighted by atomic mass is 10.2. The van der Waals surface area contributed by atoms with Crippen LogP contribution in [0.3, 0.4) is 0 Å². The van der Waals surface area contributed by atoms with Crippen molar-refractivity contribution in [1.82, 2.24) is 5.32 Å². The number of hydrogen-bond donors (Lipinski definition) is 2. The quantitative estimate of drug-likeness (QED) is 0.658. The topological polar surface area (TPSA) is 66.4 Å². The van der Waals surface area contributed by atoms with E-state index in [0.717, 1.165) is 19.3 Å². The molecular formula is C12H23NO3S. The van der Waals surface area contributed by atoms with E-state index < -0.39 is 10.7 Å². The number of carboxylic acid groups (broad SMARTS) is 1. The molecule has 0 aliphatic heterocycles. The first kappa shape index (κ1) is 16.3. The van der Waals surface area contributed by atoms with Crippen LogP contribution in [0.2, 0.25) is 0 Å². The average Bonchev–Trinajstić information content (AvgIpc) is 2.23. The zero-order chi connectivity index (χ0) is 13.5. The maximum Gasteiger partial charge on any atom is 0.319 e. The molecule has 0 radical (unpaired) electrons. The highest BCUT2D eigenvalue weighted by molar-refractivity contribution is 8.02. The van der Waals surface area contributed by atoms with E-state index in [0.29, 0.717) is 6.54 Å². The Hall–Kier alpha value is -0.710. The van der Waals surface area contributed by atoms with Gasteiger partial charge in [-0.2, -0.15) is 0 Å². The largest absolute Gasteiger partial charge is 0.480 e. The molecule has 0 aromatic heterocycles. The van der Waals surface area contributed by atoms with Gasteiger partial charge in [-0.05, 0) is 27.2 Å². The number of hydrogen-bond acceptors (Lipinski definition) is 3. The van der Waals surface area contributed by atoms with Gasteiger partial charge in [-0.3, -0.25) is 9.59 Å². The van der Waals surface area contributed by atoms with Crippen LogP contribution in [0.4, 0.5) is 0 Å². The predicted octanol–water partition coefficient (Wildman–Crippen LogP) is 2.28. The molecule has 0 heterocycles. The maximum atomic E-state index is 11.7. The first-order valence-corrected chi connectivity index (χ1v) is 6.88. The second-order valence-electron chi connectivity index (χ2n) is 4.57. The highest BCUT2D eigenvalue weighted by Crippen LogP contribution is 2.28. The Bertz CT molecular complexity index is 266. The minimum absolute atomic E-state index is 0.0829. The zero-order valence-electron chi connectivity index (χ0n) is 11.1. The molecule has 2 N–H and O–H groups in total. The Morgan fingerprint density at radius 1 is 1.35 bits per heavy atom. The molecule has 1 atom stereocenters. The number of rotatable bonds is 8. The van der Waals surface area contributed by atoms with Crippen molar-refractivity contribution < 1.29 is 14.7 Å². The fourth-order valence-corrected chi connectivity index (χ4v) is 2.45. The number of amides is 1. The van der Waals surface area contributed by atoms with Crippen molar-refractivity contribution in [2.45, 2.75) is 57.0 Å². The summed E-state index contributed by atoms with van der Waals surface area (Å²) in [6, 6.07) is 0. The van der Waals surface area contributed by atoms with Crippen LogP contribution in [0.15, 0.2) is 0 Å². The van der Waals surface area contributed by atoms with Crippen LogP contribution in [-0.4, -0.2) is 33.5 Å². The fraction of sp³-hybridized carbons (Fsp3) is 0.833. The first-order chi connectivity index (χ1) is 7.81. The summed E-state index contributed by atoms with van der Waals surface area (Å²) in [5, 5.41) is 11.4. The van der Waals surface area contributed by atoms with Gasteiger partial charge in [0.2, 0.25) is 5.91 Å². The van der Waals surface area contributed by atoms with Crippen molar-refractivity contribution in [3.8, 4) is 0 Å². The monoisotopic (exact) mass is 261 g/mol. The van der Waals surface area contributed by atoms with E-state index >= 15 is 0 Å². The lowest BCUT2D eigenvalue weighted by Gasteiger charge is -2.22. The minimum atomic E-state index is -0.930. The average molecular weight is 261 g/mol. The number of aliphatic carboxylic acids is 1. The molecule has 5 heteroatoms. The summed E-state index contributed by atoms with van der Waals surface area (Å²) in [5.41, 5.74) is 0. The van der Waals surface area contributed by atoms with E-state index in [1.165, 1.54) is 11.8 Å². The summed E-state index contributed by atoms with van der Waals surface area (Å²) in [5.74, 6) is -0.978. The van der Waals surface area contributed by atoms with E-state index in [9.17, 15) is 9.59 Å². The number of nitrogens with one attached hydrogen (secondary N) is 1. The van der Waals surface area contributed by atoms with Gasteiger partial charge < -0.3 is 10.4 Å². The number of thioether (sulfide) groups is 1. The van der Waals surface area contributed by atoms with Gasteiger partial charge in [0.15, 0.2) is 0 Å². The van der Waals surface area contributed by atoms with Crippen molar-refractivity contribution in [2.75, 3.05) is 6.54 Å². The van der Waals surface area contributed by atoms with Gasteiger partial charge in [-0.1, -0.05) is 19.8 Å². The van der Waals surface area contributed by atoms with Crippen molar-refractivity contribution in [2.24, 2.45) is 0 Å². The van der Waals surface area contributed by atoms with E-state index in [1.807, 2.05) is 0 Å². The summed E-state index contributed by atoms with van der Waals surface area (Å²) >= 11 is 1.17. The lowest BCUT2D eigenvalue weighted by molar-refractivity contribution is -0.138. The summed E-state index contributed by atoms with van der Waals surface area (Å²) in [6.45, 7) is 7.74. The third kappa shape index (κ3) is 6.56. The Morgan fingerprint density at radius 3 is 2.41 bits per heavy atom. The van der Waals surface area contributed by atoms with Gasteiger partial charge in [-0.25, -0.2) is 0 Å². The van der Waals surface area contributed by atoms with E-state index in [4.69, 9.17) is 5.11 Å². The van der Waals surface area contributed by atoms with Gasteiger partial charge >= 0.3 is 5.97 Å². The van der Waals surface area contributed by atoms with Gasteiger partial charge in [0.25, 0.3) is 0 Å². The van der Waals surface area contributed by atoms with Crippen LogP contribution in [0.5, 0.6) is 0 Å². The summed E-state index contributed by atoms with van der Waals surface area (Å²) in [4.78, 5) is 22.6. The SMILES string of the molecule is CCCCCNC(=O)C(C)SC(C)(C)C(=O)O. The maximum absolute atomic E-state index is 11.7. The molecule has 0 aromatic carbocycles. The fourth-order valence-electron chi connectivity index (χ4n) is 1.28. The molecule has 100 valence electrons.